The average Bonchev–Trinajstić information content (AvgIpc) is 3.40. The van der Waals surface area contributed by atoms with Crippen molar-refractivity contribution in [2.24, 2.45) is 0 Å². The molecule has 0 amide bonds. The van der Waals surface area contributed by atoms with E-state index in [1.807, 2.05) is 59.3 Å². The summed E-state index contributed by atoms with van der Waals surface area (Å²) in [6.07, 6.45) is 7.35. The number of hydrogen-bond acceptors (Lipinski definition) is 4. The average molecular weight is 394 g/mol. The SMILES string of the molecule is OC1(C#Cc2ccc3ccn(-c4ccnc(Nc5ccccc5)n4)c3c2)CCCC1. The Morgan fingerprint density at radius 2 is 1.83 bits per heavy atom. The first-order chi connectivity index (χ1) is 14.7. The van der Waals surface area contributed by atoms with Crippen molar-refractivity contribution in [3.8, 4) is 17.7 Å². The van der Waals surface area contributed by atoms with Crippen LogP contribution in [-0.2, 0) is 0 Å². The van der Waals surface area contributed by atoms with Crippen LogP contribution >= 0.6 is 0 Å². The number of nitrogens with zero attached hydrogens (tertiary/aromatic N) is 3. The molecule has 2 aromatic carbocycles. The fourth-order valence-corrected chi connectivity index (χ4v) is 3.87. The molecule has 5 heteroatoms. The van der Waals surface area contributed by atoms with Gasteiger partial charge in [0, 0.05) is 29.0 Å². The second-order valence-electron chi connectivity index (χ2n) is 7.68. The summed E-state index contributed by atoms with van der Waals surface area (Å²) < 4.78 is 2.03. The van der Waals surface area contributed by atoms with Crippen molar-refractivity contribution in [2.75, 3.05) is 5.32 Å². The van der Waals surface area contributed by atoms with Gasteiger partial charge in [-0.05, 0) is 62.1 Å². The van der Waals surface area contributed by atoms with E-state index in [1.54, 1.807) is 6.20 Å². The Hall–Kier alpha value is -3.62. The number of hydrogen-bond donors (Lipinski definition) is 2. The Bertz CT molecular complexity index is 1240. The standard InChI is InChI=1S/C25H22N4O/c30-25(13-4-5-14-25)15-10-19-8-9-20-12-17-29(22(20)18-19)23-11-16-26-24(28-23)27-21-6-2-1-3-7-21/h1-3,6-9,11-12,16-18,30H,4-5,13-14H2,(H,26,27,28). The highest BCUT2D eigenvalue weighted by molar-refractivity contribution is 5.83. The predicted octanol–water partition coefficient (Wildman–Crippen LogP) is 4.82. The fraction of sp³-hybridized carbons (Fsp3) is 0.200. The summed E-state index contributed by atoms with van der Waals surface area (Å²) in [5.74, 6) is 7.58. The number of anilines is 2. The van der Waals surface area contributed by atoms with Crippen molar-refractivity contribution < 1.29 is 5.11 Å². The van der Waals surface area contributed by atoms with E-state index >= 15 is 0 Å². The smallest absolute Gasteiger partial charge is 0.229 e. The minimum Gasteiger partial charge on any atom is -0.378 e. The van der Waals surface area contributed by atoms with Gasteiger partial charge >= 0.3 is 0 Å². The normalized spacial score (nSPS) is 15.0. The Morgan fingerprint density at radius 3 is 2.67 bits per heavy atom. The minimum atomic E-state index is -0.832. The molecule has 2 N–H and O–H groups in total. The molecular weight excluding hydrogens is 372 g/mol. The third kappa shape index (κ3) is 3.78. The molecule has 30 heavy (non-hydrogen) atoms. The molecule has 1 aliphatic carbocycles. The van der Waals surface area contributed by atoms with Gasteiger partial charge in [-0.1, -0.05) is 36.1 Å². The molecule has 0 aliphatic heterocycles. The van der Waals surface area contributed by atoms with Crippen LogP contribution in [0.5, 0.6) is 0 Å². The highest BCUT2D eigenvalue weighted by atomic mass is 16.3. The first kappa shape index (κ1) is 18.4. The van der Waals surface area contributed by atoms with E-state index in [9.17, 15) is 5.11 Å². The van der Waals surface area contributed by atoms with Crippen LogP contribution in [-0.4, -0.2) is 25.2 Å². The molecule has 1 saturated carbocycles. The quantitative estimate of drug-likeness (QED) is 0.489. The maximum absolute atomic E-state index is 10.5. The highest BCUT2D eigenvalue weighted by Crippen LogP contribution is 2.29. The molecule has 1 aliphatic rings. The molecule has 0 spiro atoms. The molecule has 0 bridgehead atoms. The summed E-state index contributed by atoms with van der Waals surface area (Å²) in [6, 6.07) is 19.9. The third-order valence-corrected chi connectivity index (χ3v) is 5.48. The molecule has 2 heterocycles. The van der Waals surface area contributed by atoms with Gasteiger partial charge in [0.25, 0.3) is 0 Å². The number of rotatable bonds is 3. The van der Waals surface area contributed by atoms with Gasteiger partial charge in [-0.2, -0.15) is 4.98 Å². The van der Waals surface area contributed by atoms with Gasteiger partial charge < -0.3 is 15.0 Å². The summed E-state index contributed by atoms with van der Waals surface area (Å²) in [5, 5.41) is 14.9. The van der Waals surface area contributed by atoms with Gasteiger partial charge in [-0.3, -0.25) is 0 Å². The first-order valence-corrected chi connectivity index (χ1v) is 10.2. The summed E-state index contributed by atoms with van der Waals surface area (Å²) in [6.45, 7) is 0. The van der Waals surface area contributed by atoms with Crippen molar-refractivity contribution in [3.05, 3.63) is 78.6 Å². The van der Waals surface area contributed by atoms with Gasteiger partial charge in [-0.15, -0.1) is 0 Å². The Kier molecular flexibility index (Phi) is 4.70. The van der Waals surface area contributed by atoms with E-state index in [2.05, 4.69) is 39.3 Å². The second-order valence-corrected chi connectivity index (χ2v) is 7.68. The molecule has 5 nitrogen and oxygen atoms in total. The molecule has 1 fully saturated rings. The van der Waals surface area contributed by atoms with E-state index in [0.717, 1.165) is 53.7 Å². The summed E-state index contributed by atoms with van der Waals surface area (Å²) in [7, 11) is 0. The van der Waals surface area contributed by atoms with Crippen LogP contribution in [0.4, 0.5) is 11.6 Å². The molecule has 0 radical (unpaired) electrons. The highest BCUT2D eigenvalue weighted by Gasteiger charge is 2.28. The van der Waals surface area contributed by atoms with Crippen LogP contribution in [0, 0.1) is 11.8 Å². The van der Waals surface area contributed by atoms with Gasteiger partial charge in [0.15, 0.2) is 0 Å². The molecular formula is C25H22N4O. The number of fused-ring (bicyclic) bond motifs is 1. The van der Waals surface area contributed by atoms with Crippen LogP contribution in [0.25, 0.3) is 16.7 Å². The van der Waals surface area contributed by atoms with E-state index in [1.165, 1.54) is 0 Å². The maximum Gasteiger partial charge on any atom is 0.229 e. The molecule has 0 saturated heterocycles. The Balaban J connectivity index is 1.47. The van der Waals surface area contributed by atoms with Crippen molar-refractivity contribution in [1.82, 2.24) is 14.5 Å². The third-order valence-electron chi connectivity index (χ3n) is 5.48. The predicted molar refractivity (Wildman–Crippen MR) is 119 cm³/mol. The molecule has 0 atom stereocenters. The van der Waals surface area contributed by atoms with E-state index in [4.69, 9.17) is 0 Å². The van der Waals surface area contributed by atoms with Gasteiger partial charge in [0.1, 0.15) is 11.4 Å². The van der Waals surface area contributed by atoms with Crippen LogP contribution in [0.15, 0.2) is 73.1 Å². The van der Waals surface area contributed by atoms with Crippen molar-refractivity contribution >= 4 is 22.5 Å². The van der Waals surface area contributed by atoms with Gasteiger partial charge in [-0.25, -0.2) is 4.98 Å². The zero-order valence-electron chi connectivity index (χ0n) is 16.5. The number of para-hydroxylation sites is 1. The van der Waals surface area contributed by atoms with Crippen LogP contribution in [0.3, 0.4) is 0 Å². The summed E-state index contributed by atoms with van der Waals surface area (Å²) in [4.78, 5) is 9.01. The van der Waals surface area contributed by atoms with Crippen LogP contribution < -0.4 is 5.32 Å². The number of benzene rings is 2. The first-order valence-electron chi connectivity index (χ1n) is 10.2. The minimum absolute atomic E-state index is 0.542. The molecule has 4 aromatic rings. The van der Waals surface area contributed by atoms with Crippen LogP contribution in [0.2, 0.25) is 0 Å². The topological polar surface area (TPSA) is 63.0 Å². The lowest BCUT2D eigenvalue weighted by Crippen LogP contribution is -2.20. The lowest BCUT2D eigenvalue weighted by Gasteiger charge is -2.12. The van der Waals surface area contributed by atoms with Gasteiger partial charge in [0.05, 0.1) is 5.52 Å². The molecule has 5 rings (SSSR count). The monoisotopic (exact) mass is 394 g/mol. The maximum atomic E-state index is 10.5. The number of aliphatic hydroxyl groups is 1. The summed E-state index contributed by atoms with van der Waals surface area (Å²) >= 11 is 0. The second kappa shape index (κ2) is 7.66. The summed E-state index contributed by atoms with van der Waals surface area (Å²) in [5.41, 5.74) is 2.01. The molecule has 0 unspecified atom stereocenters. The van der Waals surface area contributed by atoms with Crippen molar-refractivity contribution in [1.29, 1.82) is 0 Å². The van der Waals surface area contributed by atoms with Crippen molar-refractivity contribution in [3.63, 3.8) is 0 Å². The number of aromatic nitrogens is 3. The molecule has 2 aromatic heterocycles. The molecule has 148 valence electrons. The van der Waals surface area contributed by atoms with Gasteiger partial charge in [0.2, 0.25) is 5.95 Å². The van der Waals surface area contributed by atoms with Crippen molar-refractivity contribution in [2.45, 2.75) is 31.3 Å². The van der Waals surface area contributed by atoms with E-state index in [-0.39, 0.29) is 0 Å². The number of nitrogens with one attached hydrogen (secondary N) is 1. The lowest BCUT2D eigenvalue weighted by atomic mass is 10.0. The fourth-order valence-electron chi connectivity index (χ4n) is 3.87. The zero-order chi connectivity index (χ0) is 20.4. The lowest BCUT2D eigenvalue weighted by molar-refractivity contribution is 0.110. The Morgan fingerprint density at radius 1 is 1.00 bits per heavy atom. The Labute approximate surface area is 175 Å². The zero-order valence-corrected chi connectivity index (χ0v) is 16.5. The van der Waals surface area contributed by atoms with E-state index in [0.29, 0.717) is 5.95 Å². The largest absolute Gasteiger partial charge is 0.378 e. The van der Waals surface area contributed by atoms with E-state index < -0.39 is 5.60 Å². The van der Waals surface area contributed by atoms with Crippen LogP contribution in [0.1, 0.15) is 31.2 Å².